The van der Waals surface area contributed by atoms with Crippen LogP contribution in [0, 0.1) is 5.82 Å². The highest BCUT2D eigenvalue weighted by atomic mass is 19.1. The van der Waals surface area contributed by atoms with E-state index < -0.39 is 11.8 Å². The van der Waals surface area contributed by atoms with Gasteiger partial charge < -0.3 is 10.4 Å². The molecule has 2 aromatic rings. The SMILES string of the molecule is O=C(O)Cn1cc(NC(=O)Cc2cccc(F)c2)cn1. The van der Waals surface area contributed by atoms with E-state index in [1.807, 2.05) is 0 Å². The molecule has 6 nitrogen and oxygen atoms in total. The van der Waals surface area contributed by atoms with E-state index in [9.17, 15) is 14.0 Å². The lowest BCUT2D eigenvalue weighted by Gasteiger charge is -2.02. The minimum atomic E-state index is -1.02. The topological polar surface area (TPSA) is 84.2 Å². The molecule has 0 saturated heterocycles. The number of halogens is 1. The number of nitrogens with zero attached hydrogens (tertiary/aromatic N) is 2. The molecule has 7 heteroatoms. The van der Waals surface area contributed by atoms with E-state index in [1.54, 1.807) is 6.07 Å². The van der Waals surface area contributed by atoms with Crippen LogP contribution in [0.15, 0.2) is 36.7 Å². The highest BCUT2D eigenvalue weighted by molar-refractivity contribution is 5.92. The molecule has 1 aromatic carbocycles. The zero-order chi connectivity index (χ0) is 14.5. The lowest BCUT2D eigenvalue weighted by molar-refractivity contribution is -0.137. The molecule has 0 spiro atoms. The maximum atomic E-state index is 13.0. The van der Waals surface area contributed by atoms with Crippen LogP contribution in [-0.2, 0) is 22.6 Å². The van der Waals surface area contributed by atoms with Crippen molar-refractivity contribution in [1.29, 1.82) is 0 Å². The first kappa shape index (κ1) is 13.7. The van der Waals surface area contributed by atoms with E-state index >= 15 is 0 Å². The number of rotatable bonds is 5. The number of hydrogen-bond donors (Lipinski definition) is 2. The summed E-state index contributed by atoms with van der Waals surface area (Å²) in [7, 11) is 0. The van der Waals surface area contributed by atoms with E-state index in [1.165, 1.54) is 35.3 Å². The van der Waals surface area contributed by atoms with Crippen LogP contribution in [0.25, 0.3) is 0 Å². The van der Waals surface area contributed by atoms with E-state index in [0.717, 1.165) is 0 Å². The summed E-state index contributed by atoms with van der Waals surface area (Å²) < 4.78 is 14.2. The number of aromatic nitrogens is 2. The molecule has 1 amide bonds. The minimum absolute atomic E-state index is 0.0296. The van der Waals surface area contributed by atoms with Crippen molar-refractivity contribution in [3.05, 3.63) is 48.0 Å². The van der Waals surface area contributed by atoms with Crippen LogP contribution in [0.1, 0.15) is 5.56 Å². The van der Waals surface area contributed by atoms with Gasteiger partial charge in [-0.3, -0.25) is 14.3 Å². The van der Waals surface area contributed by atoms with Gasteiger partial charge in [0.1, 0.15) is 12.4 Å². The molecule has 0 bridgehead atoms. The Morgan fingerprint density at radius 1 is 1.40 bits per heavy atom. The maximum absolute atomic E-state index is 13.0. The van der Waals surface area contributed by atoms with E-state index in [0.29, 0.717) is 11.3 Å². The second-order valence-corrected chi connectivity index (χ2v) is 4.18. The van der Waals surface area contributed by atoms with Crippen molar-refractivity contribution in [3.63, 3.8) is 0 Å². The third kappa shape index (κ3) is 3.91. The second-order valence-electron chi connectivity index (χ2n) is 4.18. The number of nitrogens with one attached hydrogen (secondary N) is 1. The van der Waals surface area contributed by atoms with Crippen LogP contribution < -0.4 is 5.32 Å². The molecule has 0 unspecified atom stereocenters. The third-order valence-electron chi connectivity index (χ3n) is 2.47. The summed E-state index contributed by atoms with van der Waals surface area (Å²) in [5.74, 6) is -1.75. The summed E-state index contributed by atoms with van der Waals surface area (Å²) in [5.41, 5.74) is 0.952. The average molecular weight is 277 g/mol. The molecule has 0 saturated carbocycles. The quantitative estimate of drug-likeness (QED) is 0.862. The minimum Gasteiger partial charge on any atom is -0.480 e. The Hall–Kier alpha value is -2.70. The van der Waals surface area contributed by atoms with Gasteiger partial charge in [0.05, 0.1) is 18.3 Å². The highest BCUT2D eigenvalue weighted by Gasteiger charge is 2.07. The normalized spacial score (nSPS) is 10.2. The van der Waals surface area contributed by atoms with Crippen LogP contribution in [0.4, 0.5) is 10.1 Å². The van der Waals surface area contributed by atoms with Crippen LogP contribution in [-0.4, -0.2) is 26.8 Å². The molecule has 1 heterocycles. The van der Waals surface area contributed by atoms with Gasteiger partial charge in [-0.1, -0.05) is 12.1 Å². The second kappa shape index (κ2) is 5.96. The predicted octanol–water partition coefficient (Wildman–Crippen LogP) is 1.29. The van der Waals surface area contributed by atoms with Gasteiger partial charge in [-0.25, -0.2) is 4.39 Å². The maximum Gasteiger partial charge on any atom is 0.325 e. The van der Waals surface area contributed by atoms with Crippen molar-refractivity contribution in [2.75, 3.05) is 5.32 Å². The molecule has 20 heavy (non-hydrogen) atoms. The Morgan fingerprint density at radius 3 is 2.90 bits per heavy atom. The van der Waals surface area contributed by atoms with Gasteiger partial charge in [0.15, 0.2) is 0 Å². The van der Waals surface area contributed by atoms with Crippen molar-refractivity contribution in [2.24, 2.45) is 0 Å². The van der Waals surface area contributed by atoms with Crippen molar-refractivity contribution >= 4 is 17.6 Å². The summed E-state index contributed by atoms with van der Waals surface area (Å²) in [6.07, 6.45) is 2.80. The van der Waals surface area contributed by atoms with Gasteiger partial charge in [-0.15, -0.1) is 0 Å². The monoisotopic (exact) mass is 277 g/mol. The predicted molar refractivity (Wildman–Crippen MR) is 68.6 cm³/mol. The van der Waals surface area contributed by atoms with Crippen LogP contribution >= 0.6 is 0 Å². The Balaban J connectivity index is 1.94. The van der Waals surface area contributed by atoms with Crippen molar-refractivity contribution < 1.29 is 19.1 Å². The molecular formula is C13H12FN3O3. The molecule has 0 radical (unpaired) electrons. The zero-order valence-corrected chi connectivity index (χ0v) is 10.4. The third-order valence-corrected chi connectivity index (χ3v) is 2.47. The first-order chi connectivity index (χ1) is 9.52. The number of aliphatic carboxylic acids is 1. The summed E-state index contributed by atoms with van der Waals surface area (Å²) >= 11 is 0. The summed E-state index contributed by atoms with van der Waals surface area (Å²) in [4.78, 5) is 22.2. The molecule has 104 valence electrons. The Bertz CT molecular complexity index is 639. The lowest BCUT2D eigenvalue weighted by Crippen LogP contribution is -2.14. The molecule has 0 aliphatic carbocycles. The number of carbonyl (C=O) groups excluding carboxylic acids is 1. The molecule has 0 aliphatic rings. The first-order valence-electron chi connectivity index (χ1n) is 5.81. The fraction of sp³-hybridized carbons (Fsp3) is 0.154. The van der Waals surface area contributed by atoms with Gasteiger partial charge in [0.2, 0.25) is 5.91 Å². The van der Waals surface area contributed by atoms with Gasteiger partial charge in [0.25, 0.3) is 0 Å². The number of carboxylic acid groups (broad SMARTS) is 1. The van der Waals surface area contributed by atoms with Gasteiger partial charge in [0, 0.05) is 6.20 Å². The molecule has 0 fully saturated rings. The van der Waals surface area contributed by atoms with Gasteiger partial charge in [-0.05, 0) is 17.7 Å². The number of hydrogen-bond acceptors (Lipinski definition) is 3. The summed E-state index contributed by atoms with van der Waals surface area (Å²) in [5, 5.41) is 15.0. The number of amides is 1. The zero-order valence-electron chi connectivity index (χ0n) is 10.4. The Morgan fingerprint density at radius 2 is 2.20 bits per heavy atom. The Labute approximate surface area is 113 Å². The van der Waals surface area contributed by atoms with Crippen molar-refractivity contribution in [2.45, 2.75) is 13.0 Å². The molecule has 2 N–H and O–H groups in total. The fourth-order valence-electron chi connectivity index (χ4n) is 1.69. The number of carboxylic acids is 1. The summed E-state index contributed by atoms with van der Waals surface area (Å²) in [6, 6.07) is 5.77. The number of benzene rings is 1. The summed E-state index contributed by atoms with van der Waals surface area (Å²) in [6.45, 7) is -0.278. The van der Waals surface area contributed by atoms with Gasteiger partial charge in [-0.2, -0.15) is 5.10 Å². The average Bonchev–Trinajstić information content (AvgIpc) is 2.75. The molecular weight excluding hydrogens is 265 g/mol. The highest BCUT2D eigenvalue weighted by Crippen LogP contribution is 2.08. The van der Waals surface area contributed by atoms with Crippen molar-refractivity contribution in [1.82, 2.24) is 9.78 Å². The molecule has 2 rings (SSSR count). The van der Waals surface area contributed by atoms with Crippen LogP contribution in [0.5, 0.6) is 0 Å². The molecule has 1 aromatic heterocycles. The smallest absolute Gasteiger partial charge is 0.325 e. The van der Waals surface area contributed by atoms with E-state index in [2.05, 4.69) is 10.4 Å². The number of anilines is 1. The molecule has 0 atom stereocenters. The van der Waals surface area contributed by atoms with Gasteiger partial charge >= 0.3 is 5.97 Å². The van der Waals surface area contributed by atoms with Crippen molar-refractivity contribution in [3.8, 4) is 0 Å². The molecule has 0 aliphatic heterocycles. The first-order valence-corrected chi connectivity index (χ1v) is 5.81. The van der Waals surface area contributed by atoms with Crippen LogP contribution in [0.2, 0.25) is 0 Å². The number of carbonyl (C=O) groups is 2. The largest absolute Gasteiger partial charge is 0.480 e. The van der Waals surface area contributed by atoms with Crippen LogP contribution in [0.3, 0.4) is 0 Å². The standard InChI is InChI=1S/C13H12FN3O3/c14-10-3-1-2-9(4-10)5-12(18)16-11-6-15-17(7-11)8-13(19)20/h1-4,6-7H,5,8H2,(H,16,18)(H,19,20). The fourth-order valence-corrected chi connectivity index (χ4v) is 1.69. The van der Waals surface area contributed by atoms with E-state index in [4.69, 9.17) is 5.11 Å². The lowest BCUT2D eigenvalue weighted by atomic mass is 10.1. The Kier molecular flexibility index (Phi) is 4.09. The van der Waals surface area contributed by atoms with E-state index in [-0.39, 0.29) is 18.9 Å².